The highest BCUT2D eigenvalue weighted by atomic mass is 127. The first kappa shape index (κ1) is 27.1. The van der Waals surface area contributed by atoms with E-state index in [1.807, 2.05) is 7.05 Å². The van der Waals surface area contributed by atoms with Gasteiger partial charge in [-0.2, -0.15) is 0 Å². The third-order valence-corrected chi connectivity index (χ3v) is 7.15. The SMILES string of the molecule is CN=C(NCC(C)(C)N1CC(C)CC(C)C1)N1CCC(OCC2CCCCO2)CC1.I. The summed E-state index contributed by atoms with van der Waals surface area (Å²) >= 11 is 0. The Hall–Kier alpha value is -0.120. The number of likely N-dealkylation sites (tertiary alicyclic amines) is 2. The molecule has 182 valence electrons. The maximum Gasteiger partial charge on any atom is 0.193 e. The molecule has 0 aromatic heterocycles. The number of hydrogen-bond donors (Lipinski definition) is 1. The van der Waals surface area contributed by atoms with Crippen LogP contribution in [0.1, 0.15) is 66.2 Å². The summed E-state index contributed by atoms with van der Waals surface area (Å²) in [5.74, 6) is 2.60. The van der Waals surface area contributed by atoms with E-state index < -0.39 is 0 Å². The highest BCUT2D eigenvalue weighted by Gasteiger charge is 2.33. The van der Waals surface area contributed by atoms with E-state index >= 15 is 0 Å². The van der Waals surface area contributed by atoms with Crippen LogP contribution >= 0.6 is 24.0 Å². The monoisotopic (exact) mass is 550 g/mol. The summed E-state index contributed by atoms with van der Waals surface area (Å²) in [6.07, 6.45) is 7.79. The van der Waals surface area contributed by atoms with Crippen LogP contribution in [0.5, 0.6) is 0 Å². The number of aliphatic imine (C=N–C) groups is 1. The minimum atomic E-state index is 0. The van der Waals surface area contributed by atoms with E-state index in [2.05, 4.69) is 47.8 Å². The molecule has 3 aliphatic heterocycles. The standard InChI is InChI=1S/C24H46N4O2.HI/c1-19-14-20(2)16-28(15-19)24(3,4)18-26-23(25-5)27-11-9-21(10-12-27)30-17-22-8-6-7-13-29-22;/h19-22H,6-18H2,1-5H3,(H,25,26);1H. The Morgan fingerprint density at radius 3 is 2.35 bits per heavy atom. The molecule has 3 heterocycles. The lowest BCUT2D eigenvalue weighted by Gasteiger charge is -2.46. The van der Waals surface area contributed by atoms with Crippen LogP contribution in [0.15, 0.2) is 4.99 Å². The molecule has 3 saturated heterocycles. The minimum absolute atomic E-state index is 0. The van der Waals surface area contributed by atoms with Crippen molar-refractivity contribution in [2.45, 2.75) is 84.0 Å². The van der Waals surface area contributed by atoms with Gasteiger partial charge in [0, 0.05) is 51.9 Å². The fraction of sp³-hybridized carbons (Fsp3) is 0.958. The molecular formula is C24H47IN4O2. The van der Waals surface area contributed by atoms with E-state index in [0.717, 1.165) is 69.9 Å². The minimum Gasteiger partial charge on any atom is -0.376 e. The number of nitrogens with one attached hydrogen (secondary N) is 1. The third kappa shape index (κ3) is 8.31. The van der Waals surface area contributed by atoms with Gasteiger partial charge >= 0.3 is 0 Å². The smallest absolute Gasteiger partial charge is 0.193 e. The predicted molar refractivity (Wildman–Crippen MR) is 140 cm³/mol. The van der Waals surface area contributed by atoms with E-state index in [-0.39, 0.29) is 29.5 Å². The van der Waals surface area contributed by atoms with Crippen molar-refractivity contribution in [2.24, 2.45) is 16.8 Å². The highest BCUT2D eigenvalue weighted by molar-refractivity contribution is 14.0. The lowest BCUT2D eigenvalue weighted by Crippen LogP contribution is -2.58. The average Bonchev–Trinajstić information content (AvgIpc) is 2.73. The number of hydrogen-bond acceptors (Lipinski definition) is 4. The van der Waals surface area contributed by atoms with Gasteiger partial charge in [-0.1, -0.05) is 13.8 Å². The van der Waals surface area contributed by atoms with Gasteiger partial charge in [-0.25, -0.2) is 0 Å². The molecule has 3 atom stereocenters. The molecular weight excluding hydrogens is 503 g/mol. The maximum atomic E-state index is 6.18. The van der Waals surface area contributed by atoms with Crippen LogP contribution in [-0.4, -0.2) is 86.5 Å². The summed E-state index contributed by atoms with van der Waals surface area (Å²) in [6, 6.07) is 0. The number of halogens is 1. The first-order valence-electron chi connectivity index (χ1n) is 12.3. The third-order valence-electron chi connectivity index (χ3n) is 7.15. The molecule has 31 heavy (non-hydrogen) atoms. The molecule has 6 nitrogen and oxygen atoms in total. The van der Waals surface area contributed by atoms with Crippen LogP contribution in [0.2, 0.25) is 0 Å². The van der Waals surface area contributed by atoms with Crippen molar-refractivity contribution in [3.63, 3.8) is 0 Å². The number of nitrogens with zero attached hydrogens (tertiary/aromatic N) is 3. The van der Waals surface area contributed by atoms with Crippen LogP contribution in [0.25, 0.3) is 0 Å². The topological polar surface area (TPSA) is 49.3 Å². The van der Waals surface area contributed by atoms with Gasteiger partial charge < -0.3 is 19.7 Å². The molecule has 3 aliphatic rings. The Bertz CT molecular complexity index is 536. The summed E-state index contributed by atoms with van der Waals surface area (Å²) in [4.78, 5) is 9.65. The van der Waals surface area contributed by atoms with Crippen molar-refractivity contribution < 1.29 is 9.47 Å². The zero-order valence-electron chi connectivity index (χ0n) is 20.6. The van der Waals surface area contributed by atoms with Crippen molar-refractivity contribution in [3.8, 4) is 0 Å². The van der Waals surface area contributed by atoms with Gasteiger partial charge in [-0.3, -0.25) is 9.89 Å². The van der Waals surface area contributed by atoms with Crippen molar-refractivity contribution in [2.75, 3.05) is 53.0 Å². The van der Waals surface area contributed by atoms with Crippen LogP contribution in [-0.2, 0) is 9.47 Å². The van der Waals surface area contributed by atoms with Gasteiger partial charge in [-0.05, 0) is 64.2 Å². The molecule has 0 aromatic rings. The number of piperidine rings is 2. The highest BCUT2D eigenvalue weighted by Crippen LogP contribution is 2.27. The second-order valence-electron chi connectivity index (χ2n) is 10.6. The quantitative estimate of drug-likeness (QED) is 0.308. The second kappa shape index (κ2) is 12.9. The summed E-state index contributed by atoms with van der Waals surface area (Å²) in [6.45, 7) is 16.5. The van der Waals surface area contributed by atoms with Gasteiger partial charge in [0.1, 0.15) is 0 Å². The molecule has 0 bridgehead atoms. The second-order valence-corrected chi connectivity index (χ2v) is 10.6. The van der Waals surface area contributed by atoms with Crippen LogP contribution in [0.4, 0.5) is 0 Å². The van der Waals surface area contributed by atoms with Crippen molar-refractivity contribution in [1.82, 2.24) is 15.1 Å². The largest absolute Gasteiger partial charge is 0.376 e. The number of guanidine groups is 1. The van der Waals surface area contributed by atoms with Gasteiger partial charge in [0.25, 0.3) is 0 Å². The van der Waals surface area contributed by atoms with Crippen LogP contribution in [0, 0.1) is 11.8 Å². The Labute approximate surface area is 207 Å². The first-order chi connectivity index (χ1) is 14.4. The number of ether oxygens (including phenoxy) is 2. The van der Waals surface area contributed by atoms with E-state index in [0.29, 0.717) is 12.2 Å². The summed E-state index contributed by atoms with van der Waals surface area (Å²) in [5, 5.41) is 3.68. The molecule has 3 rings (SSSR count). The molecule has 3 unspecified atom stereocenters. The Morgan fingerprint density at radius 2 is 1.77 bits per heavy atom. The van der Waals surface area contributed by atoms with Crippen molar-refractivity contribution >= 4 is 29.9 Å². The van der Waals surface area contributed by atoms with Crippen molar-refractivity contribution in [1.29, 1.82) is 0 Å². The van der Waals surface area contributed by atoms with E-state index in [1.165, 1.54) is 32.4 Å². The van der Waals surface area contributed by atoms with Gasteiger partial charge in [0.15, 0.2) is 5.96 Å². The predicted octanol–water partition coefficient (Wildman–Crippen LogP) is 3.99. The van der Waals surface area contributed by atoms with Gasteiger partial charge in [-0.15, -0.1) is 24.0 Å². The van der Waals surface area contributed by atoms with Gasteiger partial charge in [0.2, 0.25) is 0 Å². The zero-order chi connectivity index (χ0) is 21.6. The fourth-order valence-electron chi connectivity index (χ4n) is 5.31. The average molecular weight is 551 g/mol. The molecule has 0 radical (unpaired) electrons. The normalized spacial score (nSPS) is 29.5. The summed E-state index contributed by atoms with van der Waals surface area (Å²) in [7, 11) is 1.91. The number of rotatable bonds is 6. The molecule has 0 spiro atoms. The zero-order valence-corrected chi connectivity index (χ0v) is 22.9. The Balaban J connectivity index is 0.00000341. The van der Waals surface area contributed by atoms with Crippen LogP contribution < -0.4 is 5.32 Å². The lowest BCUT2D eigenvalue weighted by molar-refractivity contribution is -0.0721. The molecule has 0 amide bonds. The Kier molecular flexibility index (Phi) is 11.3. The lowest BCUT2D eigenvalue weighted by atomic mass is 9.88. The molecule has 3 fully saturated rings. The van der Waals surface area contributed by atoms with Crippen LogP contribution in [0.3, 0.4) is 0 Å². The fourth-order valence-corrected chi connectivity index (χ4v) is 5.31. The maximum absolute atomic E-state index is 6.18. The van der Waals surface area contributed by atoms with E-state index in [9.17, 15) is 0 Å². The van der Waals surface area contributed by atoms with E-state index in [4.69, 9.17) is 9.47 Å². The van der Waals surface area contributed by atoms with Gasteiger partial charge in [0.05, 0.1) is 18.8 Å². The summed E-state index contributed by atoms with van der Waals surface area (Å²) < 4.78 is 12.0. The Morgan fingerprint density at radius 1 is 1.10 bits per heavy atom. The molecule has 1 N–H and O–H groups in total. The molecule has 0 saturated carbocycles. The van der Waals surface area contributed by atoms with Crippen molar-refractivity contribution in [3.05, 3.63) is 0 Å². The first-order valence-corrected chi connectivity index (χ1v) is 12.3. The molecule has 7 heteroatoms. The summed E-state index contributed by atoms with van der Waals surface area (Å²) in [5.41, 5.74) is 0.125. The van der Waals surface area contributed by atoms with E-state index in [1.54, 1.807) is 0 Å². The molecule has 0 aromatic carbocycles. The molecule has 0 aliphatic carbocycles.